The molecule has 1 aliphatic rings. The van der Waals surface area contributed by atoms with Gasteiger partial charge in [0.05, 0.1) is 10.7 Å². The molecule has 1 N–H and O–H groups in total. The molecule has 0 spiro atoms. The molecule has 1 aromatic heterocycles. The number of likely N-dealkylation sites (tertiary alicyclic amines) is 1. The first-order valence-electron chi connectivity index (χ1n) is 7.09. The van der Waals surface area contributed by atoms with E-state index in [1.54, 1.807) is 16.2 Å². The summed E-state index contributed by atoms with van der Waals surface area (Å²) in [6.45, 7) is 6.08. The van der Waals surface area contributed by atoms with Gasteiger partial charge in [-0.05, 0) is 18.8 Å². The lowest BCUT2D eigenvalue weighted by Gasteiger charge is -2.14. The normalized spacial score (nSPS) is 14.8. The molecule has 2 heterocycles. The fourth-order valence-corrected chi connectivity index (χ4v) is 3.09. The minimum absolute atomic E-state index is 0.399. The van der Waals surface area contributed by atoms with Crippen LogP contribution in [0.1, 0.15) is 43.3 Å². The monoisotopic (exact) mass is 295 g/mol. The van der Waals surface area contributed by atoms with Gasteiger partial charge >= 0.3 is 11.8 Å². The first kappa shape index (κ1) is 15.0. The lowest BCUT2D eigenvalue weighted by Crippen LogP contribution is -2.42. The van der Waals surface area contributed by atoms with Gasteiger partial charge in [0.25, 0.3) is 0 Å². The van der Waals surface area contributed by atoms with E-state index in [1.165, 1.54) is 0 Å². The van der Waals surface area contributed by atoms with Crippen molar-refractivity contribution in [3.8, 4) is 0 Å². The van der Waals surface area contributed by atoms with Crippen molar-refractivity contribution >= 4 is 23.2 Å². The zero-order valence-electron chi connectivity index (χ0n) is 12.0. The van der Waals surface area contributed by atoms with Crippen molar-refractivity contribution in [2.45, 2.75) is 39.0 Å². The van der Waals surface area contributed by atoms with E-state index in [9.17, 15) is 9.59 Å². The average molecular weight is 295 g/mol. The predicted octanol–water partition coefficient (Wildman–Crippen LogP) is 1.55. The largest absolute Gasteiger partial charge is 0.347 e. The number of nitrogens with one attached hydrogen (secondary N) is 1. The minimum atomic E-state index is -0.493. The number of rotatable bonds is 4. The smallest absolute Gasteiger partial charge is 0.311 e. The molecule has 1 saturated heterocycles. The van der Waals surface area contributed by atoms with Crippen molar-refractivity contribution < 1.29 is 9.59 Å². The second kappa shape index (κ2) is 6.83. The van der Waals surface area contributed by atoms with Gasteiger partial charge in [-0.1, -0.05) is 13.8 Å². The minimum Gasteiger partial charge on any atom is -0.347 e. The van der Waals surface area contributed by atoms with Crippen LogP contribution >= 0.6 is 11.3 Å². The zero-order chi connectivity index (χ0) is 14.5. The fourth-order valence-electron chi connectivity index (χ4n) is 2.13. The van der Waals surface area contributed by atoms with Gasteiger partial charge in [-0.3, -0.25) is 9.59 Å². The molecule has 0 saturated carbocycles. The molecule has 0 unspecified atom stereocenters. The van der Waals surface area contributed by atoms with Gasteiger partial charge < -0.3 is 10.2 Å². The SMILES string of the molecule is CC(C)c1csc(CCNC(=O)C(=O)N2CCCC2)n1. The van der Waals surface area contributed by atoms with Gasteiger partial charge in [-0.2, -0.15) is 0 Å². The molecule has 2 rings (SSSR count). The van der Waals surface area contributed by atoms with E-state index in [0.29, 0.717) is 32.0 Å². The van der Waals surface area contributed by atoms with Crippen LogP contribution in [0.25, 0.3) is 0 Å². The Labute approximate surface area is 123 Å². The molecule has 0 aromatic carbocycles. The maximum atomic E-state index is 11.8. The third kappa shape index (κ3) is 3.79. The van der Waals surface area contributed by atoms with E-state index in [0.717, 1.165) is 23.5 Å². The van der Waals surface area contributed by atoms with E-state index in [4.69, 9.17) is 0 Å². The summed E-state index contributed by atoms with van der Waals surface area (Å²) in [4.78, 5) is 29.6. The van der Waals surface area contributed by atoms with Gasteiger partial charge in [0.2, 0.25) is 0 Å². The van der Waals surface area contributed by atoms with Gasteiger partial charge in [0.1, 0.15) is 0 Å². The van der Waals surface area contributed by atoms with Crippen molar-refractivity contribution in [2.24, 2.45) is 0 Å². The maximum absolute atomic E-state index is 11.8. The molecule has 1 aliphatic heterocycles. The van der Waals surface area contributed by atoms with Crippen LogP contribution in [-0.2, 0) is 16.0 Å². The van der Waals surface area contributed by atoms with E-state index in [2.05, 4.69) is 29.5 Å². The van der Waals surface area contributed by atoms with Gasteiger partial charge in [-0.25, -0.2) is 4.98 Å². The number of thiazole rings is 1. The molecule has 0 aliphatic carbocycles. The van der Waals surface area contributed by atoms with Crippen LogP contribution < -0.4 is 5.32 Å². The highest BCUT2D eigenvalue weighted by atomic mass is 32.1. The van der Waals surface area contributed by atoms with Crippen molar-refractivity contribution in [1.29, 1.82) is 0 Å². The van der Waals surface area contributed by atoms with Crippen LogP contribution in [0.3, 0.4) is 0 Å². The molecular weight excluding hydrogens is 274 g/mol. The number of nitrogens with zero attached hydrogens (tertiary/aromatic N) is 2. The Morgan fingerprint density at radius 3 is 2.70 bits per heavy atom. The summed E-state index contributed by atoms with van der Waals surface area (Å²) in [6.07, 6.45) is 2.67. The van der Waals surface area contributed by atoms with Crippen molar-refractivity contribution in [3.63, 3.8) is 0 Å². The number of hydrogen-bond donors (Lipinski definition) is 1. The lowest BCUT2D eigenvalue weighted by atomic mass is 10.2. The van der Waals surface area contributed by atoms with Crippen LogP contribution in [0.4, 0.5) is 0 Å². The van der Waals surface area contributed by atoms with E-state index in [-0.39, 0.29) is 0 Å². The first-order chi connectivity index (χ1) is 9.58. The number of carbonyl (C=O) groups excluding carboxylic acids is 2. The summed E-state index contributed by atoms with van der Waals surface area (Å²) in [5.41, 5.74) is 1.09. The van der Waals surface area contributed by atoms with Crippen LogP contribution in [0, 0.1) is 0 Å². The molecule has 1 aromatic rings. The Balaban J connectivity index is 1.74. The van der Waals surface area contributed by atoms with Gasteiger partial charge in [0.15, 0.2) is 0 Å². The topological polar surface area (TPSA) is 62.3 Å². The average Bonchev–Trinajstić information content (AvgIpc) is 3.08. The summed E-state index contributed by atoms with van der Waals surface area (Å²) in [6, 6.07) is 0. The standard InChI is InChI=1S/C14H21N3O2S/c1-10(2)11-9-20-12(16-11)5-6-15-13(18)14(19)17-7-3-4-8-17/h9-10H,3-8H2,1-2H3,(H,15,18). The summed E-state index contributed by atoms with van der Waals surface area (Å²) in [5.74, 6) is -0.469. The van der Waals surface area contributed by atoms with Crippen molar-refractivity contribution in [3.05, 3.63) is 16.1 Å². The molecule has 5 nitrogen and oxygen atoms in total. The first-order valence-corrected chi connectivity index (χ1v) is 7.97. The van der Waals surface area contributed by atoms with E-state index >= 15 is 0 Å². The second-order valence-electron chi connectivity index (χ2n) is 5.33. The number of carbonyl (C=O) groups is 2. The number of aromatic nitrogens is 1. The highest BCUT2D eigenvalue weighted by molar-refractivity contribution is 7.09. The molecule has 1 fully saturated rings. The van der Waals surface area contributed by atoms with Crippen LogP contribution in [-0.4, -0.2) is 41.3 Å². The zero-order valence-corrected chi connectivity index (χ0v) is 12.8. The molecule has 0 bridgehead atoms. The van der Waals surface area contributed by atoms with Crippen LogP contribution in [0.5, 0.6) is 0 Å². The third-order valence-corrected chi connectivity index (χ3v) is 4.30. The molecule has 2 amide bonds. The molecule has 110 valence electrons. The summed E-state index contributed by atoms with van der Waals surface area (Å²) < 4.78 is 0. The summed E-state index contributed by atoms with van der Waals surface area (Å²) in [7, 11) is 0. The van der Waals surface area contributed by atoms with Gasteiger partial charge in [-0.15, -0.1) is 11.3 Å². The molecule has 20 heavy (non-hydrogen) atoms. The van der Waals surface area contributed by atoms with Crippen LogP contribution in [0.2, 0.25) is 0 Å². The third-order valence-electron chi connectivity index (χ3n) is 3.37. The maximum Gasteiger partial charge on any atom is 0.311 e. The highest BCUT2D eigenvalue weighted by Gasteiger charge is 2.23. The Kier molecular flexibility index (Phi) is 5.11. The van der Waals surface area contributed by atoms with Gasteiger partial charge in [0, 0.05) is 31.4 Å². The van der Waals surface area contributed by atoms with Crippen molar-refractivity contribution in [2.75, 3.05) is 19.6 Å². The lowest BCUT2D eigenvalue weighted by molar-refractivity contribution is -0.145. The molecule has 0 radical (unpaired) electrons. The van der Waals surface area contributed by atoms with E-state index in [1.807, 2.05) is 0 Å². The number of hydrogen-bond acceptors (Lipinski definition) is 4. The van der Waals surface area contributed by atoms with Crippen molar-refractivity contribution in [1.82, 2.24) is 15.2 Å². The Bertz CT molecular complexity index is 479. The second-order valence-corrected chi connectivity index (χ2v) is 6.27. The fraction of sp³-hybridized carbons (Fsp3) is 0.643. The predicted molar refractivity (Wildman–Crippen MR) is 78.7 cm³/mol. The Morgan fingerprint density at radius 1 is 1.40 bits per heavy atom. The number of amides is 2. The van der Waals surface area contributed by atoms with Crippen LogP contribution in [0.15, 0.2) is 5.38 Å². The van der Waals surface area contributed by atoms with E-state index < -0.39 is 11.8 Å². The molecule has 0 atom stereocenters. The molecular formula is C14H21N3O2S. The molecule has 6 heteroatoms. The summed E-state index contributed by atoms with van der Waals surface area (Å²) in [5, 5.41) is 5.74. The quantitative estimate of drug-likeness (QED) is 0.857. The summed E-state index contributed by atoms with van der Waals surface area (Å²) >= 11 is 1.61. The Morgan fingerprint density at radius 2 is 2.10 bits per heavy atom. The highest BCUT2D eigenvalue weighted by Crippen LogP contribution is 2.17. The Hall–Kier alpha value is -1.43.